The first-order valence-electron chi connectivity index (χ1n) is 13.2. The van der Waals surface area contributed by atoms with Gasteiger partial charge in [0.2, 0.25) is 0 Å². The van der Waals surface area contributed by atoms with E-state index < -0.39 is 40.0 Å². The van der Waals surface area contributed by atoms with Gasteiger partial charge in [0.1, 0.15) is 28.7 Å². The summed E-state index contributed by atoms with van der Waals surface area (Å²) in [5, 5.41) is 15.5. The van der Waals surface area contributed by atoms with Gasteiger partial charge in [0.05, 0.1) is 35.1 Å². The molecule has 0 fully saturated rings. The molecule has 4 aromatic rings. The summed E-state index contributed by atoms with van der Waals surface area (Å²) in [7, 11) is 0. The third-order valence-corrected chi connectivity index (χ3v) is 7.90. The van der Waals surface area contributed by atoms with Crippen LogP contribution in [-0.2, 0) is 6.54 Å². The fourth-order valence-electron chi connectivity index (χ4n) is 5.15. The van der Waals surface area contributed by atoms with Crippen LogP contribution in [0.3, 0.4) is 0 Å². The molecule has 11 heteroatoms. The van der Waals surface area contributed by atoms with E-state index in [1.165, 1.54) is 11.0 Å². The second-order valence-corrected chi connectivity index (χ2v) is 12.1. The van der Waals surface area contributed by atoms with Crippen molar-refractivity contribution in [1.29, 1.82) is 0 Å². The molecule has 1 aliphatic rings. The fourth-order valence-corrected chi connectivity index (χ4v) is 5.40. The molecule has 0 bridgehead atoms. The topological polar surface area (TPSA) is 129 Å². The molecule has 218 valence electrons. The zero-order valence-corrected chi connectivity index (χ0v) is 24.6. The van der Waals surface area contributed by atoms with Crippen LogP contribution in [0.1, 0.15) is 75.7 Å². The summed E-state index contributed by atoms with van der Waals surface area (Å²) in [5.41, 5.74) is -0.994. The number of carboxylic acid groups (broad SMARTS) is 1. The van der Waals surface area contributed by atoms with Crippen molar-refractivity contribution in [3.05, 3.63) is 101 Å². The lowest BCUT2D eigenvalue weighted by molar-refractivity contribution is 0.0697. The molecule has 3 N–H and O–H groups in total. The summed E-state index contributed by atoms with van der Waals surface area (Å²) in [4.78, 5) is 52.3. The number of hydrogen-bond acceptors (Lipinski definition) is 7. The van der Waals surface area contributed by atoms with Gasteiger partial charge in [0.15, 0.2) is 0 Å². The highest BCUT2D eigenvalue weighted by Crippen LogP contribution is 2.42. The molecule has 0 saturated heterocycles. The smallest absolute Gasteiger partial charge is 0.337 e. The Balaban J connectivity index is 1.56. The molecule has 1 atom stereocenters. The van der Waals surface area contributed by atoms with Gasteiger partial charge >= 0.3 is 5.97 Å². The number of furan rings is 1. The van der Waals surface area contributed by atoms with Crippen LogP contribution < -0.4 is 26.4 Å². The lowest BCUT2D eigenvalue weighted by atomic mass is 9.84. The van der Waals surface area contributed by atoms with E-state index in [1.807, 2.05) is 40.7 Å². The minimum Gasteiger partial charge on any atom is -0.478 e. The van der Waals surface area contributed by atoms with E-state index in [4.69, 9.17) is 16.0 Å². The second-order valence-electron chi connectivity index (χ2n) is 11.7. The molecular formula is C31H29ClFN3O6. The first-order valence-corrected chi connectivity index (χ1v) is 13.6. The number of anilines is 4. The van der Waals surface area contributed by atoms with Crippen LogP contribution in [0.25, 0.3) is 0 Å². The van der Waals surface area contributed by atoms with Gasteiger partial charge in [-0.2, -0.15) is 0 Å². The Kier molecular flexibility index (Phi) is 7.01. The normalized spacial score (nSPS) is 13.9. The summed E-state index contributed by atoms with van der Waals surface area (Å²) >= 11 is 6.35. The van der Waals surface area contributed by atoms with Crippen LogP contribution >= 0.6 is 11.6 Å². The van der Waals surface area contributed by atoms with Crippen molar-refractivity contribution < 1.29 is 23.5 Å². The molecule has 0 radical (unpaired) electrons. The van der Waals surface area contributed by atoms with E-state index in [-0.39, 0.29) is 51.0 Å². The van der Waals surface area contributed by atoms with Gasteiger partial charge < -0.3 is 25.1 Å². The highest BCUT2D eigenvalue weighted by atomic mass is 35.5. The van der Waals surface area contributed by atoms with Crippen molar-refractivity contribution in [3.8, 4) is 0 Å². The number of rotatable bonds is 7. The van der Waals surface area contributed by atoms with Crippen molar-refractivity contribution in [2.75, 3.05) is 15.5 Å². The number of carbonyl (C=O) groups is 2. The number of halogens is 2. The van der Waals surface area contributed by atoms with Crippen molar-refractivity contribution in [2.24, 2.45) is 5.41 Å². The first-order chi connectivity index (χ1) is 19.6. The summed E-state index contributed by atoms with van der Waals surface area (Å²) in [6.45, 7) is 11.2. The van der Waals surface area contributed by atoms with Gasteiger partial charge in [-0.1, -0.05) is 38.4 Å². The third-order valence-electron chi connectivity index (χ3n) is 7.57. The van der Waals surface area contributed by atoms with Crippen molar-refractivity contribution in [3.63, 3.8) is 0 Å². The van der Waals surface area contributed by atoms with Gasteiger partial charge in [0, 0.05) is 10.6 Å². The van der Waals surface area contributed by atoms with Crippen molar-refractivity contribution in [1.82, 2.24) is 0 Å². The Morgan fingerprint density at radius 1 is 1.05 bits per heavy atom. The quantitative estimate of drug-likeness (QED) is 0.210. The second kappa shape index (κ2) is 10.1. The van der Waals surface area contributed by atoms with Gasteiger partial charge in [-0.05, 0) is 61.6 Å². The van der Waals surface area contributed by atoms with Crippen LogP contribution in [0.2, 0.25) is 5.02 Å². The van der Waals surface area contributed by atoms with Crippen molar-refractivity contribution in [2.45, 2.75) is 54.1 Å². The molecule has 0 spiro atoms. The molecule has 1 aliphatic heterocycles. The number of nitrogens with zero attached hydrogens (tertiary/aromatic N) is 1. The molecular weight excluding hydrogens is 565 g/mol. The monoisotopic (exact) mass is 593 g/mol. The summed E-state index contributed by atoms with van der Waals surface area (Å²) < 4.78 is 21.4. The maximum Gasteiger partial charge on any atom is 0.337 e. The van der Waals surface area contributed by atoms with E-state index in [0.717, 1.165) is 11.6 Å². The number of carboxylic acids is 1. The fraction of sp³-hybridized carbons (Fsp3) is 0.290. The summed E-state index contributed by atoms with van der Waals surface area (Å²) in [6, 6.07) is 6.89. The standard InChI is InChI=1S/C31H29ClFN3O6/c1-13-7-8-16(30(40)41)20(9-13)36-12-17-18(32)11-19(33)23(22(17)29(36)39)34-24-25(27(38)26(24)37)35-28(31(4,5)6)21-10-14(2)15(3)42-21/h7-11,28,34-35H,12H2,1-6H3,(H,40,41)/t28-/m0/s1. The van der Waals surface area contributed by atoms with E-state index in [1.54, 1.807) is 19.1 Å². The van der Waals surface area contributed by atoms with E-state index in [2.05, 4.69) is 10.6 Å². The maximum absolute atomic E-state index is 15.5. The highest BCUT2D eigenvalue weighted by Gasteiger charge is 2.38. The summed E-state index contributed by atoms with van der Waals surface area (Å²) in [5.74, 6) is -1.58. The Bertz CT molecular complexity index is 1840. The predicted octanol–water partition coefficient (Wildman–Crippen LogP) is 6.39. The van der Waals surface area contributed by atoms with Gasteiger partial charge in [-0.15, -0.1) is 0 Å². The van der Waals surface area contributed by atoms with Crippen LogP contribution in [-0.4, -0.2) is 17.0 Å². The maximum atomic E-state index is 15.5. The first kappa shape index (κ1) is 29.1. The van der Waals surface area contributed by atoms with Gasteiger partial charge in [-0.25, -0.2) is 9.18 Å². The Labute approximate surface area is 245 Å². The highest BCUT2D eigenvalue weighted by molar-refractivity contribution is 6.33. The number of nitrogens with one attached hydrogen (secondary N) is 2. The zero-order chi connectivity index (χ0) is 30.8. The van der Waals surface area contributed by atoms with Crippen LogP contribution in [0.5, 0.6) is 0 Å². The number of amides is 1. The van der Waals surface area contributed by atoms with Gasteiger partial charge in [-0.3, -0.25) is 14.4 Å². The largest absolute Gasteiger partial charge is 0.478 e. The zero-order valence-electron chi connectivity index (χ0n) is 23.9. The summed E-state index contributed by atoms with van der Waals surface area (Å²) in [6.07, 6.45) is 0. The SMILES string of the molecule is Cc1ccc(C(=O)O)c(N2Cc3c(Cl)cc(F)c(Nc4c(N[C@@H](c5cc(C)c(C)o5)C(C)(C)C)c(=O)c4=O)c3C2=O)c1. The van der Waals surface area contributed by atoms with Crippen LogP contribution in [0, 0.1) is 32.0 Å². The predicted molar refractivity (Wildman–Crippen MR) is 159 cm³/mol. The van der Waals surface area contributed by atoms with E-state index >= 15 is 4.39 Å². The molecule has 42 heavy (non-hydrogen) atoms. The van der Waals surface area contributed by atoms with E-state index in [0.29, 0.717) is 17.1 Å². The van der Waals surface area contributed by atoms with E-state index in [9.17, 15) is 24.3 Å². The molecule has 3 aromatic carbocycles. The number of carbonyl (C=O) groups excluding carboxylic acids is 1. The number of aryl methyl sites for hydroxylation is 3. The number of benzene rings is 2. The molecule has 1 amide bonds. The Morgan fingerprint density at radius 3 is 2.31 bits per heavy atom. The third kappa shape index (κ3) is 4.75. The van der Waals surface area contributed by atoms with Crippen molar-refractivity contribution >= 4 is 46.2 Å². The minimum atomic E-state index is -1.24. The molecule has 1 aromatic heterocycles. The Hall–Kier alpha value is -4.44. The number of fused-ring (bicyclic) bond motifs is 1. The lowest BCUT2D eigenvalue weighted by Gasteiger charge is -2.31. The number of aromatic carboxylic acids is 1. The minimum absolute atomic E-state index is 0.0341. The Morgan fingerprint density at radius 2 is 1.71 bits per heavy atom. The molecule has 0 aliphatic carbocycles. The molecule has 5 rings (SSSR count). The molecule has 0 unspecified atom stereocenters. The molecule has 0 saturated carbocycles. The molecule has 2 heterocycles. The van der Waals surface area contributed by atoms with Gasteiger partial charge in [0.25, 0.3) is 16.8 Å². The number of hydrogen-bond donors (Lipinski definition) is 3. The van der Waals surface area contributed by atoms with Crippen LogP contribution in [0.4, 0.5) is 27.1 Å². The molecule has 9 nitrogen and oxygen atoms in total. The van der Waals surface area contributed by atoms with Crippen LogP contribution in [0.15, 0.2) is 44.3 Å². The average Bonchev–Trinajstić information content (AvgIpc) is 3.42. The average molecular weight is 594 g/mol. The lowest BCUT2D eigenvalue weighted by Crippen LogP contribution is -2.39.